The summed E-state index contributed by atoms with van der Waals surface area (Å²) in [6.45, 7) is 3.60. The molecule has 0 aliphatic rings. The minimum atomic E-state index is -0.540. The third kappa shape index (κ3) is 4.22. The molecule has 126 valence electrons. The number of carbonyl (C=O) groups excluding carboxylic acids is 1. The lowest BCUT2D eigenvalue weighted by Crippen LogP contribution is -2.20. The minimum absolute atomic E-state index is 0.137. The number of benzene rings is 2. The van der Waals surface area contributed by atoms with Crippen LogP contribution in [0.3, 0.4) is 0 Å². The first-order valence-corrected chi connectivity index (χ1v) is 7.23. The molecule has 2 rings (SSSR count). The number of nitro groups is 1. The number of hydrogen-bond acceptors (Lipinski definition) is 5. The summed E-state index contributed by atoms with van der Waals surface area (Å²) in [5.41, 5.74) is 2.03. The topological polar surface area (TPSA) is 90.7 Å². The van der Waals surface area contributed by atoms with Crippen LogP contribution in [0.25, 0.3) is 0 Å². The number of rotatable bonds is 6. The molecule has 0 bridgehead atoms. The van der Waals surface area contributed by atoms with Gasteiger partial charge in [0.05, 0.1) is 17.7 Å². The lowest BCUT2D eigenvalue weighted by Gasteiger charge is -2.12. The van der Waals surface area contributed by atoms with E-state index in [-0.39, 0.29) is 18.0 Å². The molecule has 0 spiro atoms. The number of nitro benzene ring substituents is 1. The van der Waals surface area contributed by atoms with Gasteiger partial charge in [-0.3, -0.25) is 14.9 Å². The molecular weight excluding hydrogens is 312 g/mol. The number of aryl methyl sites for hydroxylation is 2. The van der Waals surface area contributed by atoms with Gasteiger partial charge in [-0.05, 0) is 37.1 Å². The maximum atomic E-state index is 12.1. The Balaban J connectivity index is 2.08. The monoisotopic (exact) mass is 330 g/mol. The normalized spacial score (nSPS) is 10.1. The first-order valence-electron chi connectivity index (χ1n) is 7.23. The van der Waals surface area contributed by atoms with Crippen molar-refractivity contribution in [2.45, 2.75) is 13.8 Å². The van der Waals surface area contributed by atoms with Crippen LogP contribution in [0.5, 0.6) is 11.5 Å². The molecule has 0 radical (unpaired) electrons. The Bertz CT molecular complexity index is 774. The zero-order chi connectivity index (χ0) is 17.7. The summed E-state index contributed by atoms with van der Waals surface area (Å²) >= 11 is 0. The van der Waals surface area contributed by atoms with E-state index in [1.54, 1.807) is 0 Å². The number of non-ortho nitro benzene ring substituents is 1. The van der Waals surface area contributed by atoms with E-state index >= 15 is 0 Å². The lowest BCUT2D eigenvalue weighted by molar-refractivity contribution is -0.384. The van der Waals surface area contributed by atoms with E-state index in [0.717, 1.165) is 11.1 Å². The van der Waals surface area contributed by atoms with Gasteiger partial charge in [0, 0.05) is 12.1 Å². The van der Waals surface area contributed by atoms with Crippen LogP contribution in [0, 0.1) is 24.0 Å². The van der Waals surface area contributed by atoms with E-state index < -0.39 is 10.8 Å². The first-order chi connectivity index (χ1) is 11.4. The van der Waals surface area contributed by atoms with E-state index in [2.05, 4.69) is 5.32 Å². The molecule has 0 aliphatic heterocycles. The average molecular weight is 330 g/mol. The summed E-state index contributed by atoms with van der Waals surface area (Å²) in [6.07, 6.45) is 0. The molecule has 0 saturated heterocycles. The van der Waals surface area contributed by atoms with Crippen molar-refractivity contribution in [2.24, 2.45) is 0 Å². The molecule has 2 aromatic rings. The number of nitrogens with one attached hydrogen (secondary N) is 1. The van der Waals surface area contributed by atoms with Gasteiger partial charge in [-0.1, -0.05) is 12.1 Å². The second kappa shape index (κ2) is 7.45. The summed E-state index contributed by atoms with van der Waals surface area (Å²) in [5.74, 6) is 0.520. The SMILES string of the molecule is COc1ccc([N+](=O)[O-])cc1NC(=O)COc1cc(C)ccc1C. The number of carbonyl (C=O) groups is 1. The van der Waals surface area contributed by atoms with Crippen LogP contribution in [-0.4, -0.2) is 24.5 Å². The maximum absolute atomic E-state index is 12.1. The van der Waals surface area contributed by atoms with E-state index in [4.69, 9.17) is 9.47 Å². The van der Waals surface area contributed by atoms with Gasteiger partial charge in [-0.25, -0.2) is 0 Å². The summed E-state index contributed by atoms with van der Waals surface area (Å²) in [6, 6.07) is 9.69. The van der Waals surface area contributed by atoms with Crippen LogP contribution in [0.4, 0.5) is 11.4 Å². The van der Waals surface area contributed by atoms with E-state index in [1.165, 1.54) is 25.3 Å². The quantitative estimate of drug-likeness (QED) is 0.648. The molecule has 0 unspecified atom stereocenters. The molecule has 2 aromatic carbocycles. The van der Waals surface area contributed by atoms with Gasteiger partial charge in [0.1, 0.15) is 11.5 Å². The van der Waals surface area contributed by atoms with Crippen molar-refractivity contribution in [1.82, 2.24) is 0 Å². The maximum Gasteiger partial charge on any atom is 0.271 e. The molecule has 0 heterocycles. The van der Waals surface area contributed by atoms with Crippen molar-refractivity contribution >= 4 is 17.3 Å². The van der Waals surface area contributed by atoms with Crippen molar-refractivity contribution in [2.75, 3.05) is 19.0 Å². The molecule has 7 heteroatoms. The van der Waals surface area contributed by atoms with Crippen LogP contribution >= 0.6 is 0 Å². The highest BCUT2D eigenvalue weighted by molar-refractivity contribution is 5.93. The molecule has 1 N–H and O–H groups in total. The fraction of sp³-hybridized carbons (Fsp3) is 0.235. The fourth-order valence-electron chi connectivity index (χ4n) is 2.10. The highest BCUT2D eigenvalue weighted by Crippen LogP contribution is 2.28. The highest BCUT2D eigenvalue weighted by atomic mass is 16.6. The second-order valence-corrected chi connectivity index (χ2v) is 5.25. The molecule has 7 nitrogen and oxygen atoms in total. The van der Waals surface area contributed by atoms with Crippen molar-refractivity contribution in [3.8, 4) is 11.5 Å². The Morgan fingerprint density at radius 1 is 1.17 bits per heavy atom. The van der Waals surface area contributed by atoms with Crippen molar-refractivity contribution < 1.29 is 19.2 Å². The lowest BCUT2D eigenvalue weighted by atomic mass is 10.1. The molecule has 0 aliphatic carbocycles. The van der Waals surface area contributed by atoms with Gasteiger partial charge < -0.3 is 14.8 Å². The molecule has 0 aromatic heterocycles. The van der Waals surface area contributed by atoms with Gasteiger partial charge >= 0.3 is 0 Å². The Morgan fingerprint density at radius 3 is 2.58 bits per heavy atom. The van der Waals surface area contributed by atoms with Crippen LogP contribution < -0.4 is 14.8 Å². The molecule has 0 atom stereocenters. The zero-order valence-electron chi connectivity index (χ0n) is 13.7. The Labute approximate surface area is 139 Å². The minimum Gasteiger partial charge on any atom is -0.495 e. The average Bonchev–Trinajstić information content (AvgIpc) is 2.55. The van der Waals surface area contributed by atoms with Crippen molar-refractivity contribution in [3.63, 3.8) is 0 Å². The standard InChI is InChI=1S/C17H18N2O5/c1-11-4-5-12(2)16(8-11)24-10-17(20)18-14-9-13(19(21)22)6-7-15(14)23-3/h4-9H,10H2,1-3H3,(H,18,20). The third-order valence-corrected chi connectivity index (χ3v) is 3.37. The Kier molecular flexibility index (Phi) is 5.36. The van der Waals surface area contributed by atoms with Gasteiger partial charge in [-0.15, -0.1) is 0 Å². The number of methoxy groups -OCH3 is 1. The Morgan fingerprint density at radius 2 is 1.92 bits per heavy atom. The Hall–Kier alpha value is -3.09. The predicted octanol–water partition coefficient (Wildman–Crippen LogP) is 3.24. The first kappa shape index (κ1) is 17.3. The molecule has 24 heavy (non-hydrogen) atoms. The van der Waals surface area contributed by atoms with Gasteiger partial charge in [0.2, 0.25) is 0 Å². The van der Waals surface area contributed by atoms with Crippen LogP contribution in [0.1, 0.15) is 11.1 Å². The number of nitrogens with zero attached hydrogens (tertiary/aromatic N) is 1. The predicted molar refractivity (Wildman–Crippen MR) is 89.7 cm³/mol. The number of ether oxygens (including phenoxy) is 2. The fourth-order valence-corrected chi connectivity index (χ4v) is 2.10. The van der Waals surface area contributed by atoms with Crippen LogP contribution in [0.2, 0.25) is 0 Å². The van der Waals surface area contributed by atoms with E-state index in [9.17, 15) is 14.9 Å². The van der Waals surface area contributed by atoms with Gasteiger partial charge in [0.25, 0.3) is 11.6 Å². The number of hydrogen-bond donors (Lipinski definition) is 1. The van der Waals surface area contributed by atoms with Crippen molar-refractivity contribution in [1.29, 1.82) is 0 Å². The zero-order valence-corrected chi connectivity index (χ0v) is 13.7. The molecule has 0 saturated carbocycles. The largest absolute Gasteiger partial charge is 0.495 e. The van der Waals surface area contributed by atoms with E-state index in [0.29, 0.717) is 11.5 Å². The summed E-state index contributed by atoms with van der Waals surface area (Å²) in [7, 11) is 1.42. The second-order valence-electron chi connectivity index (χ2n) is 5.25. The van der Waals surface area contributed by atoms with Gasteiger partial charge in [-0.2, -0.15) is 0 Å². The molecular formula is C17H18N2O5. The summed E-state index contributed by atoms with van der Waals surface area (Å²) in [4.78, 5) is 22.4. The number of amides is 1. The third-order valence-electron chi connectivity index (χ3n) is 3.37. The van der Waals surface area contributed by atoms with Gasteiger partial charge in [0.15, 0.2) is 6.61 Å². The van der Waals surface area contributed by atoms with Crippen LogP contribution in [-0.2, 0) is 4.79 Å². The summed E-state index contributed by atoms with van der Waals surface area (Å²) in [5, 5.41) is 13.4. The van der Waals surface area contributed by atoms with Crippen molar-refractivity contribution in [3.05, 3.63) is 57.6 Å². The highest BCUT2D eigenvalue weighted by Gasteiger charge is 2.14. The van der Waals surface area contributed by atoms with E-state index in [1.807, 2.05) is 32.0 Å². The molecule has 1 amide bonds. The smallest absolute Gasteiger partial charge is 0.271 e. The summed E-state index contributed by atoms with van der Waals surface area (Å²) < 4.78 is 10.6. The van der Waals surface area contributed by atoms with Crippen LogP contribution in [0.15, 0.2) is 36.4 Å². The number of anilines is 1. The molecule has 0 fully saturated rings.